The number of carbonyl (C=O) groups is 2. The molecule has 5 heteroatoms. The van der Waals surface area contributed by atoms with E-state index >= 15 is 0 Å². The van der Waals surface area contributed by atoms with Gasteiger partial charge in [0, 0.05) is 6.54 Å². The van der Waals surface area contributed by atoms with Crippen LogP contribution < -0.4 is 10.6 Å². The highest BCUT2D eigenvalue weighted by atomic mass is 16.5. The van der Waals surface area contributed by atoms with Crippen LogP contribution in [0.1, 0.15) is 33.1 Å². The van der Waals surface area contributed by atoms with E-state index in [1.165, 1.54) is 0 Å². The maximum Gasteiger partial charge on any atom is 0.307 e. The van der Waals surface area contributed by atoms with E-state index in [9.17, 15) is 9.59 Å². The summed E-state index contributed by atoms with van der Waals surface area (Å²) in [5.74, 6) is 0.0743. The molecule has 98 valence electrons. The zero-order valence-electron chi connectivity index (χ0n) is 10.6. The average molecular weight is 242 g/mol. The average Bonchev–Trinajstić information content (AvgIpc) is 2.29. The molecule has 2 unspecified atom stereocenters. The molecule has 1 aliphatic rings. The van der Waals surface area contributed by atoms with Crippen LogP contribution in [-0.2, 0) is 14.3 Å². The third-order valence-corrected chi connectivity index (χ3v) is 2.99. The molecule has 0 aromatic rings. The number of nitrogens with one attached hydrogen (secondary N) is 2. The van der Waals surface area contributed by atoms with E-state index in [0.29, 0.717) is 19.1 Å². The third-order valence-electron chi connectivity index (χ3n) is 2.99. The van der Waals surface area contributed by atoms with Gasteiger partial charge in [-0.3, -0.25) is 9.59 Å². The minimum Gasteiger partial charge on any atom is -0.466 e. The molecular formula is C12H22N2O3. The van der Waals surface area contributed by atoms with Crippen molar-refractivity contribution in [2.24, 2.45) is 5.92 Å². The van der Waals surface area contributed by atoms with Crippen LogP contribution in [-0.4, -0.2) is 37.6 Å². The molecule has 0 aliphatic carbocycles. The highest BCUT2D eigenvalue weighted by molar-refractivity contribution is 5.82. The van der Waals surface area contributed by atoms with Gasteiger partial charge in [-0.2, -0.15) is 0 Å². The Bertz CT molecular complexity index is 268. The van der Waals surface area contributed by atoms with Crippen molar-refractivity contribution in [2.75, 3.05) is 19.7 Å². The molecule has 1 rings (SSSR count). The predicted molar refractivity (Wildman–Crippen MR) is 64.4 cm³/mol. The topological polar surface area (TPSA) is 67.4 Å². The summed E-state index contributed by atoms with van der Waals surface area (Å²) in [6.07, 6.45) is 2.43. The summed E-state index contributed by atoms with van der Waals surface area (Å²) in [7, 11) is 0. The fourth-order valence-corrected chi connectivity index (χ4v) is 2.03. The fraction of sp³-hybridized carbons (Fsp3) is 0.833. The van der Waals surface area contributed by atoms with Gasteiger partial charge in [0.25, 0.3) is 0 Å². The predicted octanol–water partition coefficient (Wildman–Crippen LogP) is 0.444. The zero-order valence-corrected chi connectivity index (χ0v) is 10.6. The Hall–Kier alpha value is -1.10. The highest BCUT2D eigenvalue weighted by Gasteiger charge is 2.26. The van der Waals surface area contributed by atoms with Crippen molar-refractivity contribution in [1.82, 2.24) is 10.6 Å². The molecule has 1 amide bonds. The van der Waals surface area contributed by atoms with E-state index in [2.05, 4.69) is 17.6 Å². The number of carbonyl (C=O) groups excluding carboxylic acids is 2. The molecular weight excluding hydrogens is 220 g/mol. The molecule has 5 nitrogen and oxygen atoms in total. The first kappa shape index (κ1) is 14.0. The summed E-state index contributed by atoms with van der Waals surface area (Å²) in [5, 5.41) is 5.97. The highest BCUT2D eigenvalue weighted by Crippen LogP contribution is 2.15. The summed E-state index contributed by atoms with van der Waals surface area (Å²) in [6, 6.07) is -0.119. The van der Waals surface area contributed by atoms with E-state index in [1.807, 2.05) is 0 Å². The Kier molecular flexibility index (Phi) is 5.97. The Morgan fingerprint density at radius 1 is 1.47 bits per heavy atom. The maximum absolute atomic E-state index is 11.8. The SMILES string of the molecule is CCOC(=O)CCNC(=O)C1NCCCC1C. The number of esters is 1. The third kappa shape index (κ3) is 4.73. The molecule has 2 atom stereocenters. The van der Waals surface area contributed by atoms with Crippen LogP contribution in [0.15, 0.2) is 0 Å². The largest absolute Gasteiger partial charge is 0.466 e. The lowest BCUT2D eigenvalue weighted by Crippen LogP contribution is -2.51. The van der Waals surface area contributed by atoms with Gasteiger partial charge in [0.1, 0.15) is 0 Å². The molecule has 0 aromatic carbocycles. The monoisotopic (exact) mass is 242 g/mol. The molecule has 0 bridgehead atoms. The number of piperidine rings is 1. The van der Waals surface area contributed by atoms with Crippen molar-refractivity contribution in [1.29, 1.82) is 0 Å². The molecule has 0 spiro atoms. The quantitative estimate of drug-likeness (QED) is 0.687. The van der Waals surface area contributed by atoms with Crippen LogP contribution in [0.5, 0.6) is 0 Å². The van der Waals surface area contributed by atoms with Crippen molar-refractivity contribution in [2.45, 2.75) is 39.2 Å². The second-order valence-corrected chi connectivity index (χ2v) is 4.40. The number of hydrogen-bond donors (Lipinski definition) is 2. The van der Waals surface area contributed by atoms with Crippen molar-refractivity contribution in [3.63, 3.8) is 0 Å². The van der Waals surface area contributed by atoms with Gasteiger partial charge >= 0.3 is 5.97 Å². The smallest absolute Gasteiger partial charge is 0.307 e. The van der Waals surface area contributed by atoms with E-state index in [0.717, 1.165) is 19.4 Å². The van der Waals surface area contributed by atoms with Crippen LogP contribution >= 0.6 is 0 Å². The van der Waals surface area contributed by atoms with Gasteiger partial charge in [-0.15, -0.1) is 0 Å². The van der Waals surface area contributed by atoms with Crippen LogP contribution in [0.25, 0.3) is 0 Å². The molecule has 1 heterocycles. The second kappa shape index (κ2) is 7.27. The Labute approximate surface area is 102 Å². The zero-order chi connectivity index (χ0) is 12.7. The molecule has 0 aromatic heterocycles. The molecule has 1 fully saturated rings. The van der Waals surface area contributed by atoms with E-state index in [1.54, 1.807) is 6.92 Å². The molecule has 0 radical (unpaired) electrons. The van der Waals surface area contributed by atoms with E-state index < -0.39 is 0 Å². The van der Waals surface area contributed by atoms with Gasteiger partial charge in [0.2, 0.25) is 5.91 Å². The number of ether oxygens (including phenoxy) is 1. The lowest BCUT2D eigenvalue weighted by molar-refractivity contribution is -0.143. The molecule has 2 N–H and O–H groups in total. The Morgan fingerprint density at radius 2 is 2.24 bits per heavy atom. The van der Waals surface area contributed by atoms with Crippen molar-refractivity contribution < 1.29 is 14.3 Å². The van der Waals surface area contributed by atoms with Gasteiger partial charge in [0.05, 0.1) is 19.1 Å². The molecule has 1 saturated heterocycles. The maximum atomic E-state index is 11.8. The fourth-order valence-electron chi connectivity index (χ4n) is 2.03. The summed E-state index contributed by atoms with van der Waals surface area (Å²) in [5.41, 5.74) is 0. The van der Waals surface area contributed by atoms with Crippen LogP contribution in [0, 0.1) is 5.92 Å². The normalized spacial score (nSPS) is 24.1. The minimum atomic E-state index is -0.266. The molecule has 0 saturated carbocycles. The van der Waals surface area contributed by atoms with Crippen molar-refractivity contribution >= 4 is 11.9 Å². The summed E-state index contributed by atoms with van der Waals surface area (Å²) in [4.78, 5) is 22.9. The Balaban J connectivity index is 2.22. The second-order valence-electron chi connectivity index (χ2n) is 4.40. The van der Waals surface area contributed by atoms with Crippen LogP contribution in [0.2, 0.25) is 0 Å². The van der Waals surface area contributed by atoms with E-state index in [4.69, 9.17) is 4.74 Å². The van der Waals surface area contributed by atoms with Gasteiger partial charge < -0.3 is 15.4 Å². The summed E-state index contributed by atoms with van der Waals surface area (Å²) in [6.45, 7) is 5.46. The standard InChI is InChI=1S/C12H22N2O3/c1-3-17-10(15)6-8-14-12(16)11-9(2)5-4-7-13-11/h9,11,13H,3-8H2,1-2H3,(H,14,16). The Morgan fingerprint density at radius 3 is 2.88 bits per heavy atom. The molecule has 17 heavy (non-hydrogen) atoms. The van der Waals surface area contributed by atoms with Crippen LogP contribution in [0.3, 0.4) is 0 Å². The first-order valence-corrected chi connectivity index (χ1v) is 6.32. The van der Waals surface area contributed by atoms with Gasteiger partial charge in [-0.1, -0.05) is 6.92 Å². The molecule has 1 aliphatic heterocycles. The van der Waals surface area contributed by atoms with Crippen LogP contribution in [0.4, 0.5) is 0 Å². The number of hydrogen-bond acceptors (Lipinski definition) is 4. The van der Waals surface area contributed by atoms with Gasteiger partial charge in [0.15, 0.2) is 0 Å². The summed E-state index contributed by atoms with van der Waals surface area (Å²) >= 11 is 0. The van der Waals surface area contributed by atoms with Crippen molar-refractivity contribution in [3.8, 4) is 0 Å². The number of amides is 1. The lowest BCUT2D eigenvalue weighted by atomic mass is 9.92. The first-order valence-electron chi connectivity index (χ1n) is 6.32. The lowest BCUT2D eigenvalue weighted by Gasteiger charge is -2.28. The van der Waals surface area contributed by atoms with Gasteiger partial charge in [-0.05, 0) is 32.2 Å². The minimum absolute atomic E-state index is 0.0125. The van der Waals surface area contributed by atoms with E-state index in [-0.39, 0.29) is 24.3 Å². The number of rotatable bonds is 5. The van der Waals surface area contributed by atoms with Gasteiger partial charge in [-0.25, -0.2) is 0 Å². The van der Waals surface area contributed by atoms with Crippen molar-refractivity contribution in [3.05, 3.63) is 0 Å². The summed E-state index contributed by atoms with van der Waals surface area (Å²) < 4.78 is 4.78. The first-order chi connectivity index (χ1) is 8.15.